The fourth-order valence-corrected chi connectivity index (χ4v) is 4.32. The van der Waals surface area contributed by atoms with Gasteiger partial charge in [-0.2, -0.15) is 0 Å². The predicted octanol–water partition coefficient (Wildman–Crippen LogP) is 7.03. The highest BCUT2D eigenvalue weighted by atomic mass is 16.4. The molecule has 0 heterocycles. The summed E-state index contributed by atoms with van der Waals surface area (Å²) in [7, 11) is 0. The van der Waals surface area contributed by atoms with Gasteiger partial charge in [-0.25, -0.2) is 0 Å². The molecule has 2 N–H and O–H groups in total. The number of carboxylic acid groups (broad SMARTS) is 1. The van der Waals surface area contributed by atoms with Crippen molar-refractivity contribution in [3.63, 3.8) is 0 Å². The van der Waals surface area contributed by atoms with Gasteiger partial charge in [0, 0.05) is 13.0 Å². The SMILES string of the molecule is CCCCCCCCC=CCCCCCCCC(=O)NCC1CCC(C(=O)O)CC1. The molecule has 0 aromatic heterocycles. The predicted molar refractivity (Wildman–Crippen MR) is 126 cm³/mol. The van der Waals surface area contributed by atoms with E-state index in [1.807, 2.05) is 0 Å². The van der Waals surface area contributed by atoms with E-state index in [2.05, 4.69) is 24.4 Å². The van der Waals surface area contributed by atoms with Crippen LogP contribution in [0.2, 0.25) is 0 Å². The van der Waals surface area contributed by atoms with Gasteiger partial charge in [0.2, 0.25) is 5.91 Å². The normalized spacial score (nSPS) is 19.2. The number of aliphatic carboxylic acids is 1. The monoisotopic (exact) mass is 421 g/mol. The first-order chi connectivity index (χ1) is 14.6. The second-order valence-electron chi connectivity index (χ2n) is 9.19. The molecule has 1 saturated carbocycles. The largest absolute Gasteiger partial charge is 0.481 e. The molecule has 0 aromatic rings. The Morgan fingerprint density at radius 3 is 1.90 bits per heavy atom. The molecule has 0 aliphatic heterocycles. The van der Waals surface area contributed by atoms with E-state index >= 15 is 0 Å². The van der Waals surface area contributed by atoms with E-state index in [-0.39, 0.29) is 11.8 Å². The van der Waals surface area contributed by atoms with Crippen LogP contribution < -0.4 is 5.32 Å². The molecule has 0 radical (unpaired) electrons. The molecule has 0 spiro atoms. The zero-order chi connectivity index (χ0) is 21.9. The second kappa shape index (κ2) is 18.4. The molecule has 1 aliphatic carbocycles. The first-order valence-electron chi connectivity index (χ1n) is 12.8. The van der Waals surface area contributed by atoms with E-state index in [1.165, 1.54) is 70.6 Å². The molecule has 1 fully saturated rings. The molecule has 4 heteroatoms. The number of rotatable bonds is 18. The van der Waals surface area contributed by atoms with E-state index in [9.17, 15) is 9.59 Å². The standard InChI is InChI=1S/C26H47NO3/c1-2-3-4-5-6-7-8-9-10-11-12-13-14-15-16-17-25(28)27-22-23-18-20-24(21-19-23)26(29)30/h9-10,23-24H,2-8,11-22H2,1H3,(H,27,28)(H,29,30). The minimum absolute atomic E-state index is 0.160. The van der Waals surface area contributed by atoms with Crippen LogP contribution >= 0.6 is 0 Å². The van der Waals surface area contributed by atoms with Crippen LogP contribution in [0.15, 0.2) is 12.2 Å². The van der Waals surface area contributed by atoms with E-state index in [0.29, 0.717) is 12.3 Å². The van der Waals surface area contributed by atoms with Crippen molar-refractivity contribution < 1.29 is 14.7 Å². The number of amides is 1. The average Bonchev–Trinajstić information content (AvgIpc) is 2.75. The Hall–Kier alpha value is -1.32. The number of allylic oxidation sites excluding steroid dienone is 2. The number of carboxylic acids is 1. The maximum atomic E-state index is 12.0. The first-order valence-corrected chi connectivity index (χ1v) is 12.8. The topological polar surface area (TPSA) is 66.4 Å². The number of hydrogen-bond donors (Lipinski definition) is 2. The minimum atomic E-state index is -0.665. The first kappa shape index (κ1) is 26.7. The summed E-state index contributed by atoms with van der Waals surface area (Å²) in [5.41, 5.74) is 0. The molecule has 0 atom stereocenters. The molecular weight excluding hydrogens is 374 g/mol. The highest BCUT2D eigenvalue weighted by Crippen LogP contribution is 2.28. The lowest BCUT2D eigenvalue weighted by Crippen LogP contribution is -2.32. The lowest BCUT2D eigenvalue weighted by Gasteiger charge is -2.26. The fraction of sp³-hybridized carbons (Fsp3) is 0.846. The fourth-order valence-electron chi connectivity index (χ4n) is 4.32. The van der Waals surface area contributed by atoms with Crippen LogP contribution in [-0.4, -0.2) is 23.5 Å². The molecule has 30 heavy (non-hydrogen) atoms. The minimum Gasteiger partial charge on any atom is -0.481 e. The number of carbonyl (C=O) groups is 2. The van der Waals surface area contributed by atoms with Gasteiger partial charge in [-0.15, -0.1) is 0 Å². The Morgan fingerprint density at radius 2 is 1.33 bits per heavy atom. The summed E-state index contributed by atoms with van der Waals surface area (Å²) >= 11 is 0. The third kappa shape index (κ3) is 14.6. The van der Waals surface area contributed by atoms with Gasteiger partial charge in [0.15, 0.2) is 0 Å². The van der Waals surface area contributed by atoms with Gasteiger partial charge in [0.1, 0.15) is 0 Å². The van der Waals surface area contributed by atoms with Crippen molar-refractivity contribution in [1.82, 2.24) is 5.32 Å². The molecule has 0 unspecified atom stereocenters. The Bertz CT molecular complexity index is 467. The van der Waals surface area contributed by atoms with Gasteiger partial charge >= 0.3 is 5.97 Å². The molecule has 4 nitrogen and oxygen atoms in total. The molecule has 0 bridgehead atoms. The zero-order valence-corrected chi connectivity index (χ0v) is 19.5. The van der Waals surface area contributed by atoms with Gasteiger partial charge in [0.25, 0.3) is 0 Å². The molecule has 0 saturated heterocycles. The van der Waals surface area contributed by atoms with Crippen molar-refractivity contribution in [3.05, 3.63) is 12.2 Å². The third-order valence-electron chi connectivity index (χ3n) is 6.45. The van der Waals surface area contributed by atoms with Gasteiger partial charge in [0.05, 0.1) is 5.92 Å². The molecule has 1 aliphatic rings. The van der Waals surface area contributed by atoms with E-state index in [1.54, 1.807) is 0 Å². The van der Waals surface area contributed by atoms with Crippen molar-refractivity contribution in [2.24, 2.45) is 11.8 Å². The van der Waals surface area contributed by atoms with Crippen LogP contribution in [0.4, 0.5) is 0 Å². The van der Waals surface area contributed by atoms with Crippen LogP contribution in [0.3, 0.4) is 0 Å². The summed E-state index contributed by atoms with van der Waals surface area (Å²) in [5.74, 6) is -0.221. The number of carbonyl (C=O) groups excluding carboxylic acids is 1. The lowest BCUT2D eigenvalue weighted by molar-refractivity contribution is -0.143. The molecular formula is C26H47NO3. The number of hydrogen-bond acceptors (Lipinski definition) is 2. The molecule has 1 rings (SSSR count). The van der Waals surface area contributed by atoms with Crippen molar-refractivity contribution >= 4 is 11.9 Å². The van der Waals surface area contributed by atoms with Crippen molar-refractivity contribution in [2.75, 3.05) is 6.54 Å². The average molecular weight is 422 g/mol. The Kier molecular flexibility index (Phi) is 16.4. The van der Waals surface area contributed by atoms with E-state index < -0.39 is 5.97 Å². The summed E-state index contributed by atoms with van der Waals surface area (Å²) in [4.78, 5) is 23.0. The number of unbranched alkanes of at least 4 members (excludes halogenated alkanes) is 11. The van der Waals surface area contributed by atoms with Crippen LogP contribution in [-0.2, 0) is 9.59 Å². The van der Waals surface area contributed by atoms with Crippen LogP contribution in [0.25, 0.3) is 0 Å². The highest BCUT2D eigenvalue weighted by Gasteiger charge is 2.25. The maximum absolute atomic E-state index is 12.0. The van der Waals surface area contributed by atoms with Gasteiger partial charge in [-0.1, -0.05) is 70.4 Å². The quantitative estimate of drug-likeness (QED) is 0.184. The Morgan fingerprint density at radius 1 is 0.800 bits per heavy atom. The Labute approximate surface area is 185 Å². The molecule has 0 aromatic carbocycles. The van der Waals surface area contributed by atoms with Gasteiger partial charge < -0.3 is 10.4 Å². The van der Waals surface area contributed by atoms with Crippen LogP contribution in [0.5, 0.6) is 0 Å². The van der Waals surface area contributed by atoms with Crippen molar-refractivity contribution in [2.45, 2.75) is 122 Å². The number of nitrogens with one attached hydrogen (secondary N) is 1. The van der Waals surface area contributed by atoms with E-state index in [4.69, 9.17) is 5.11 Å². The van der Waals surface area contributed by atoms with Gasteiger partial charge in [-0.3, -0.25) is 9.59 Å². The Balaban J connectivity index is 1.84. The smallest absolute Gasteiger partial charge is 0.306 e. The van der Waals surface area contributed by atoms with Gasteiger partial charge in [-0.05, 0) is 63.7 Å². The van der Waals surface area contributed by atoms with E-state index in [0.717, 1.165) is 45.1 Å². The zero-order valence-electron chi connectivity index (χ0n) is 19.5. The molecule has 1 amide bonds. The second-order valence-corrected chi connectivity index (χ2v) is 9.19. The van der Waals surface area contributed by atoms with Crippen LogP contribution in [0, 0.1) is 11.8 Å². The maximum Gasteiger partial charge on any atom is 0.306 e. The highest BCUT2D eigenvalue weighted by molar-refractivity contribution is 5.75. The van der Waals surface area contributed by atoms with Crippen LogP contribution in [0.1, 0.15) is 122 Å². The van der Waals surface area contributed by atoms with Crippen molar-refractivity contribution in [1.29, 1.82) is 0 Å². The summed E-state index contributed by atoms with van der Waals surface area (Å²) in [6, 6.07) is 0. The van der Waals surface area contributed by atoms with Crippen molar-refractivity contribution in [3.8, 4) is 0 Å². The third-order valence-corrected chi connectivity index (χ3v) is 6.45. The summed E-state index contributed by atoms with van der Waals surface area (Å²) < 4.78 is 0. The molecule has 174 valence electrons. The summed E-state index contributed by atoms with van der Waals surface area (Å²) in [6.45, 7) is 2.98. The summed E-state index contributed by atoms with van der Waals surface area (Å²) in [6.07, 6.45) is 25.2. The summed E-state index contributed by atoms with van der Waals surface area (Å²) in [5, 5.41) is 12.1. The lowest BCUT2D eigenvalue weighted by atomic mass is 9.82.